The minimum absolute atomic E-state index is 0.0548. The normalized spacial score (nSPS) is 10.1. The molecule has 24 heavy (non-hydrogen) atoms. The van der Waals surface area contributed by atoms with E-state index in [9.17, 15) is 9.59 Å². The Morgan fingerprint density at radius 3 is 2.67 bits per heavy atom. The first-order valence-corrected chi connectivity index (χ1v) is 8.56. The first kappa shape index (κ1) is 17.9. The molecule has 0 atom stereocenters. The van der Waals surface area contributed by atoms with Gasteiger partial charge in [-0.2, -0.15) is 0 Å². The highest BCUT2D eigenvalue weighted by atomic mass is 32.2. The standard InChI is InChI=1S/C18H19NO4S/c1-22-16-9-4-3-6-13(16)10-18(21)23-12-17(20)19-14-7-5-8-15(11-14)24-2/h3-9,11H,10,12H2,1-2H3,(H,19,20). The molecule has 2 rings (SSSR count). The Balaban J connectivity index is 1.83. The second kappa shape index (κ2) is 8.98. The molecule has 0 heterocycles. The van der Waals surface area contributed by atoms with Crippen molar-refractivity contribution in [1.29, 1.82) is 0 Å². The van der Waals surface area contributed by atoms with E-state index in [0.29, 0.717) is 11.4 Å². The first-order chi connectivity index (χ1) is 11.6. The van der Waals surface area contributed by atoms with Gasteiger partial charge in [-0.25, -0.2) is 0 Å². The number of amides is 1. The minimum Gasteiger partial charge on any atom is -0.496 e. The molecule has 0 radical (unpaired) electrons. The molecule has 5 nitrogen and oxygen atoms in total. The van der Waals surface area contributed by atoms with E-state index in [1.807, 2.05) is 36.6 Å². The third-order valence-electron chi connectivity index (χ3n) is 3.25. The van der Waals surface area contributed by atoms with E-state index in [1.54, 1.807) is 37.1 Å². The molecular formula is C18H19NO4S. The molecule has 2 aromatic carbocycles. The number of thioether (sulfide) groups is 1. The number of nitrogens with one attached hydrogen (secondary N) is 1. The van der Waals surface area contributed by atoms with Crippen LogP contribution >= 0.6 is 11.8 Å². The number of hydrogen-bond acceptors (Lipinski definition) is 5. The smallest absolute Gasteiger partial charge is 0.310 e. The predicted octanol–water partition coefficient (Wildman–Crippen LogP) is 3.14. The molecule has 126 valence electrons. The van der Waals surface area contributed by atoms with Gasteiger partial charge < -0.3 is 14.8 Å². The zero-order valence-electron chi connectivity index (χ0n) is 13.6. The third-order valence-corrected chi connectivity index (χ3v) is 3.97. The summed E-state index contributed by atoms with van der Waals surface area (Å²) in [6.07, 6.45) is 2.01. The molecule has 0 fully saturated rings. The number of esters is 1. The maximum Gasteiger partial charge on any atom is 0.310 e. The number of carbonyl (C=O) groups excluding carboxylic acids is 2. The van der Waals surface area contributed by atoms with Crippen LogP contribution in [-0.2, 0) is 20.7 Å². The van der Waals surface area contributed by atoms with Crippen LogP contribution in [0, 0.1) is 0 Å². The lowest BCUT2D eigenvalue weighted by Crippen LogP contribution is -2.21. The molecule has 0 aliphatic rings. The number of para-hydroxylation sites is 1. The van der Waals surface area contributed by atoms with Crippen LogP contribution in [0.3, 0.4) is 0 Å². The molecule has 2 aromatic rings. The fourth-order valence-corrected chi connectivity index (χ4v) is 2.56. The summed E-state index contributed by atoms with van der Waals surface area (Å²) >= 11 is 1.58. The van der Waals surface area contributed by atoms with Gasteiger partial charge in [0, 0.05) is 16.1 Å². The summed E-state index contributed by atoms with van der Waals surface area (Å²) in [4.78, 5) is 24.8. The average Bonchev–Trinajstić information content (AvgIpc) is 2.60. The summed E-state index contributed by atoms with van der Waals surface area (Å²) in [5, 5.41) is 2.70. The molecule has 0 spiro atoms. The Morgan fingerprint density at radius 1 is 1.12 bits per heavy atom. The number of ether oxygens (including phenoxy) is 2. The quantitative estimate of drug-likeness (QED) is 0.617. The molecule has 0 unspecified atom stereocenters. The van der Waals surface area contributed by atoms with E-state index >= 15 is 0 Å². The van der Waals surface area contributed by atoms with E-state index in [4.69, 9.17) is 9.47 Å². The van der Waals surface area contributed by atoms with Gasteiger partial charge in [-0.1, -0.05) is 24.3 Å². The van der Waals surface area contributed by atoms with E-state index in [2.05, 4.69) is 5.32 Å². The van der Waals surface area contributed by atoms with Crippen molar-refractivity contribution >= 4 is 29.3 Å². The molecule has 0 aliphatic carbocycles. The van der Waals surface area contributed by atoms with Crippen LogP contribution in [0.1, 0.15) is 5.56 Å². The highest BCUT2D eigenvalue weighted by Gasteiger charge is 2.11. The summed E-state index contributed by atoms with van der Waals surface area (Å²) in [6, 6.07) is 14.7. The fraction of sp³-hybridized carbons (Fsp3) is 0.222. The van der Waals surface area contributed by atoms with Crippen molar-refractivity contribution in [2.45, 2.75) is 11.3 Å². The molecule has 0 saturated carbocycles. The Bertz CT molecular complexity index is 718. The van der Waals surface area contributed by atoms with Crippen molar-refractivity contribution in [2.75, 3.05) is 25.3 Å². The number of carbonyl (C=O) groups is 2. The van der Waals surface area contributed by atoms with Crippen LogP contribution in [-0.4, -0.2) is 31.8 Å². The lowest BCUT2D eigenvalue weighted by molar-refractivity contribution is -0.146. The summed E-state index contributed by atoms with van der Waals surface area (Å²) < 4.78 is 10.2. The molecule has 0 saturated heterocycles. The van der Waals surface area contributed by atoms with Crippen LogP contribution in [0.4, 0.5) is 5.69 Å². The van der Waals surface area contributed by atoms with Crippen molar-refractivity contribution in [2.24, 2.45) is 0 Å². The van der Waals surface area contributed by atoms with Crippen molar-refractivity contribution in [3.63, 3.8) is 0 Å². The van der Waals surface area contributed by atoms with Gasteiger partial charge in [-0.15, -0.1) is 11.8 Å². The van der Waals surface area contributed by atoms with Crippen molar-refractivity contribution in [3.05, 3.63) is 54.1 Å². The zero-order chi connectivity index (χ0) is 17.4. The summed E-state index contributed by atoms with van der Waals surface area (Å²) in [7, 11) is 1.54. The van der Waals surface area contributed by atoms with Gasteiger partial charge in [0.1, 0.15) is 5.75 Å². The van der Waals surface area contributed by atoms with Crippen molar-refractivity contribution in [3.8, 4) is 5.75 Å². The molecule has 0 bridgehead atoms. The second-order valence-corrected chi connectivity index (χ2v) is 5.81. The maximum absolute atomic E-state index is 11.9. The van der Waals surface area contributed by atoms with Crippen LogP contribution in [0.2, 0.25) is 0 Å². The van der Waals surface area contributed by atoms with Crippen molar-refractivity contribution in [1.82, 2.24) is 0 Å². The van der Waals surface area contributed by atoms with Gasteiger partial charge in [0.2, 0.25) is 0 Å². The van der Waals surface area contributed by atoms with Gasteiger partial charge in [-0.3, -0.25) is 9.59 Å². The maximum atomic E-state index is 11.9. The minimum atomic E-state index is -0.479. The fourth-order valence-electron chi connectivity index (χ4n) is 2.10. The molecule has 0 aliphatic heterocycles. The van der Waals surface area contributed by atoms with Crippen LogP contribution < -0.4 is 10.1 Å². The van der Waals surface area contributed by atoms with Crippen LogP contribution in [0.5, 0.6) is 5.75 Å². The monoisotopic (exact) mass is 345 g/mol. The third kappa shape index (κ3) is 5.31. The second-order valence-electron chi connectivity index (χ2n) is 4.93. The number of methoxy groups -OCH3 is 1. The van der Waals surface area contributed by atoms with E-state index < -0.39 is 5.97 Å². The zero-order valence-corrected chi connectivity index (χ0v) is 14.4. The number of anilines is 1. The lowest BCUT2D eigenvalue weighted by Gasteiger charge is -2.09. The van der Waals surface area contributed by atoms with Gasteiger partial charge in [-0.05, 0) is 30.5 Å². The summed E-state index contributed by atoms with van der Waals surface area (Å²) in [5.41, 5.74) is 1.39. The van der Waals surface area contributed by atoms with E-state index in [1.165, 1.54) is 0 Å². The Morgan fingerprint density at radius 2 is 1.92 bits per heavy atom. The highest BCUT2D eigenvalue weighted by Crippen LogP contribution is 2.19. The summed E-state index contributed by atoms with van der Waals surface area (Å²) in [5.74, 6) is -0.234. The molecule has 1 N–H and O–H groups in total. The van der Waals surface area contributed by atoms with Gasteiger partial charge in [0.15, 0.2) is 6.61 Å². The Hall–Kier alpha value is -2.47. The Kier molecular flexibility index (Phi) is 6.69. The van der Waals surface area contributed by atoms with Crippen LogP contribution in [0.25, 0.3) is 0 Å². The first-order valence-electron chi connectivity index (χ1n) is 7.34. The SMILES string of the molecule is COc1ccccc1CC(=O)OCC(=O)Nc1cccc(SC)c1. The summed E-state index contributed by atoms with van der Waals surface area (Å²) in [6.45, 7) is -0.322. The molecular weight excluding hydrogens is 326 g/mol. The lowest BCUT2D eigenvalue weighted by atomic mass is 10.1. The molecule has 1 amide bonds. The van der Waals surface area contributed by atoms with Gasteiger partial charge in [0.25, 0.3) is 5.91 Å². The topological polar surface area (TPSA) is 64.6 Å². The van der Waals surface area contributed by atoms with Crippen LogP contribution in [0.15, 0.2) is 53.4 Å². The largest absolute Gasteiger partial charge is 0.496 e. The molecule has 6 heteroatoms. The van der Waals surface area contributed by atoms with Gasteiger partial charge >= 0.3 is 5.97 Å². The molecule has 0 aromatic heterocycles. The van der Waals surface area contributed by atoms with E-state index in [-0.39, 0.29) is 18.9 Å². The highest BCUT2D eigenvalue weighted by molar-refractivity contribution is 7.98. The predicted molar refractivity (Wildman–Crippen MR) is 94.5 cm³/mol. The average molecular weight is 345 g/mol. The number of benzene rings is 2. The van der Waals surface area contributed by atoms with Crippen molar-refractivity contribution < 1.29 is 19.1 Å². The number of rotatable bonds is 7. The number of hydrogen-bond donors (Lipinski definition) is 1. The van der Waals surface area contributed by atoms with Gasteiger partial charge in [0.05, 0.1) is 13.5 Å². The Labute approximate surface area is 145 Å². The van der Waals surface area contributed by atoms with E-state index in [0.717, 1.165) is 10.5 Å².